The molecule has 2 aliphatic carbocycles. The number of benzene rings is 8. The lowest BCUT2D eigenvalue weighted by Gasteiger charge is -2.14. The molecule has 1 atom stereocenters. The summed E-state index contributed by atoms with van der Waals surface area (Å²) in [5, 5.41) is 2.59. The van der Waals surface area contributed by atoms with Crippen molar-refractivity contribution in [1.29, 1.82) is 0 Å². The first-order valence-electron chi connectivity index (χ1n) is 17.9. The summed E-state index contributed by atoms with van der Waals surface area (Å²) in [5.74, 6) is 0.254. The Morgan fingerprint density at radius 1 is 0.412 bits per heavy atom. The van der Waals surface area contributed by atoms with E-state index in [2.05, 4.69) is 187 Å². The molecule has 1 aromatic heterocycles. The predicted molar refractivity (Wildman–Crippen MR) is 213 cm³/mol. The van der Waals surface area contributed by atoms with Gasteiger partial charge in [-0.2, -0.15) is 0 Å². The SMILES string of the molecule is c1ccc(-c2cccc(-n3c4ccc(-c5ccc6c(c5)-c5ccccc5C6c5ccccc5)cc4c4ccc5c(c43)Cc3ccccc3-5)c2)cc1. The van der Waals surface area contributed by atoms with Crippen molar-refractivity contribution >= 4 is 21.8 Å². The Kier molecular flexibility index (Phi) is 6.15. The van der Waals surface area contributed by atoms with Gasteiger partial charge in [0, 0.05) is 28.8 Å². The Bertz CT molecular complexity index is 2820. The van der Waals surface area contributed by atoms with Gasteiger partial charge >= 0.3 is 0 Å². The highest BCUT2D eigenvalue weighted by molar-refractivity contribution is 6.13. The molecule has 1 heteroatoms. The second kappa shape index (κ2) is 11.0. The van der Waals surface area contributed by atoms with Gasteiger partial charge in [-0.1, -0.05) is 152 Å². The fourth-order valence-electron chi connectivity index (χ4n) is 9.03. The van der Waals surface area contributed by atoms with Gasteiger partial charge in [0.1, 0.15) is 0 Å². The first kappa shape index (κ1) is 28.4. The van der Waals surface area contributed by atoms with E-state index >= 15 is 0 Å². The zero-order chi connectivity index (χ0) is 33.5. The van der Waals surface area contributed by atoms with Gasteiger partial charge in [0.25, 0.3) is 0 Å². The zero-order valence-corrected chi connectivity index (χ0v) is 28.1. The molecular weight excluding hydrogens is 615 g/mol. The molecule has 0 radical (unpaired) electrons. The molecule has 1 nitrogen and oxygen atoms in total. The summed E-state index contributed by atoms with van der Waals surface area (Å²) >= 11 is 0. The first-order valence-corrected chi connectivity index (χ1v) is 17.9. The summed E-state index contributed by atoms with van der Waals surface area (Å²) in [6.45, 7) is 0. The smallest absolute Gasteiger partial charge is 0.0582 e. The van der Waals surface area contributed by atoms with Crippen LogP contribution in [0.4, 0.5) is 0 Å². The third-order valence-corrected chi connectivity index (χ3v) is 11.3. The fourth-order valence-corrected chi connectivity index (χ4v) is 9.03. The van der Waals surface area contributed by atoms with E-state index < -0.39 is 0 Å². The van der Waals surface area contributed by atoms with E-state index in [-0.39, 0.29) is 5.92 Å². The van der Waals surface area contributed by atoms with Gasteiger partial charge in [0.15, 0.2) is 0 Å². The number of hydrogen-bond donors (Lipinski definition) is 0. The normalized spacial score (nSPS) is 14.0. The maximum absolute atomic E-state index is 2.52. The minimum Gasteiger partial charge on any atom is -0.309 e. The van der Waals surface area contributed by atoms with Gasteiger partial charge < -0.3 is 4.57 Å². The van der Waals surface area contributed by atoms with Gasteiger partial charge in [-0.15, -0.1) is 0 Å². The quantitative estimate of drug-likeness (QED) is 0.179. The molecule has 1 heterocycles. The molecule has 2 aliphatic rings. The van der Waals surface area contributed by atoms with Crippen molar-refractivity contribution in [2.24, 2.45) is 0 Å². The summed E-state index contributed by atoms with van der Waals surface area (Å²) in [5.41, 5.74) is 21.0. The second-order valence-corrected chi connectivity index (χ2v) is 14.0. The van der Waals surface area contributed by atoms with Gasteiger partial charge in [0.2, 0.25) is 0 Å². The molecule has 238 valence electrons. The molecular formula is C50H33N. The third kappa shape index (κ3) is 4.28. The van der Waals surface area contributed by atoms with Crippen LogP contribution in [0, 0.1) is 0 Å². The monoisotopic (exact) mass is 647 g/mol. The number of fused-ring (bicyclic) bond motifs is 10. The first-order chi connectivity index (χ1) is 25.3. The van der Waals surface area contributed by atoms with Crippen LogP contribution in [0.15, 0.2) is 182 Å². The van der Waals surface area contributed by atoms with Crippen LogP contribution in [0.1, 0.15) is 33.7 Å². The Morgan fingerprint density at radius 2 is 1.10 bits per heavy atom. The molecule has 0 aliphatic heterocycles. The summed E-state index contributed by atoms with van der Waals surface area (Å²) in [4.78, 5) is 0. The predicted octanol–water partition coefficient (Wildman–Crippen LogP) is 12.8. The van der Waals surface area contributed by atoms with Crippen molar-refractivity contribution in [2.75, 3.05) is 0 Å². The summed E-state index contributed by atoms with van der Waals surface area (Å²) in [6, 6.07) is 67.5. The van der Waals surface area contributed by atoms with E-state index in [0.29, 0.717) is 0 Å². The molecule has 0 N–H and O–H groups in total. The highest BCUT2D eigenvalue weighted by Crippen LogP contribution is 2.50. The Morgan fingerprint density at radius 3 is 1.98 bits per heavy atom. The lowest BCUT2D eigenvalue weighted by molar-refractivity contribution is 1.02. The van der Waals surface area contributed by atoms with Crippen molar-refractivity contribution in [3.63, 3.8) is 0 Å². The van der Waals surface area contributed by atoms with Crippen molar-refractivity contribution in [2.45, 2.75) is 12.3 Å². The van der Waals surface area contributed by atoms with Crippen LogP contribution in [0.5, 0.6) is 0 Å². The molecule has 8 aromatic carbocycles. The van der Waals surface area contributed by atoms with E-state index in [4.69, 9.17) is 0 Å². The van der Waals surface area contributed by atoms with Crippen LogP contribution in [-0.2, 0) is 6.42 Å². The molecule has 0 saturated heterocycles. The number of hydrogen-bond acceptors (Lipinski definition) is 0. The van der Waals surface area contributed by atoms with E-state index in [1.54, 1.807) is 0 Å². The number of aromatic nitrogens is 1. The maximum Gasteiger partial charge on any atom is 0.0582 e. The van der Waals surface area contributed by atoms with Crippen LogP contribution < -0.4 is 0 Å². The van der Waals surface area contributed by atoms with Crippen molar-refractivity contribution < 1.29 is 0 Å². The van der Waals surface area contributed by atoms with Gasteiger partial charge in [0.05, 0.1) is 11.0 Å². The Labute approximate surface area is 297 Å². The van der Waals surface area contributed by atoms with Crippen LogP contribution in [0.2, 0.25) is 0 Å². The zero-order valence-electron chi connectivity index (χ0n) is 28.1. The summed E-state index contributed by atoms with van der Waals surface area (Å²) in [6.07, 6.45) is 0.942. The Hall–Kier alpha value is -6.44. The molecule has 0 amide bonds. The minimum absolute atomic E-state index is 0.254. The van der Waals surface area contributed by atoms with Crippen molar-refractivity contribution in [3.8, 4) is 50.2 Å². The van der Waals surface area contributed by atoms with Gasteiger partial charge in [-0.3, -0.25) is 0 Å². The van der Waals surface area contributed by atoms with E-state index in [1.807, 2.05) is 0 Å². The van der Waals surface area contributed by atoms with E-state index in [9.17, 15) is 0 Å². The molecule has 0 saturated carbocycles. The molecule has 9 aromatic rings. The minimum atomic E-state index is 0.254. The largest absolute Gasteiger partial charge is 0.309 e. The van der Waals surface area contributed by atoms with Crippen molar-refractivity contribution in [3.05, 3.63) is 210 Å². The molecule has 0 bridgehead atoms. The Balaban J connectivity index is 1.12. The van der Waals surface area contributed by atoms with Crippen LogP contribution in [0.25, 0.3) is 72.0 Å². The number of nitrogens with zero attached hydrogens (tertiary/aromatic N) is 1. The lowest BCUT2D eigenvalue weighted by Crippen LogP contribution is -1.98. The number of rotatable bonds is 4. The summed E-state index contributed by atoms with van der Waals surface area (Å²) in [7, 11) is 0. The third-order valence-electron chi connectivity index (χ3n) is 11.3. The highest BCUT2D eigenvalue weighted by Gasteiger charge is 2.30. The lowest BCUT2D eigenvalue weighted by atomic mass is 9.89. The van der Waals surface area contributed by atoms with E-state index in [0.717, 1.165) is 6.42 Å². The van der Waals surface area contributed by atoms with Gasteiger partial charge in [-0.25, -0.2) is 0 Å². The average molecular weight is 648 g/mol. The molecule has 0 fully saturated rings. The molecule has 11 rings (SSSR count). The van der Waals surface area contributed by atoms with Gasteiger partial charge in [-0.05, 0) is 103 Å². The topological polar surface area (TPSA) is 4.93 Å². The van der Waals surface area contributed by atoms with Crippen LogP contribution >= 0.6 is 0 Å². The molecule has 1 unspecified atom stereocenters. The average Bonchev–Trinajstić information content (AvgIpc) is 3.86. The standard InChI is InChI=1S/C50H33N/c1-3-12-32(13-4-1)34-17-11-18-38(28-34)51-48-27-23-36(30-46(48)44-26-25-41-39-19-8-7-16-37(39)31-47(41)50(44)51)35-22-24-43-45(29-35)40-20-9-10-21-42(40)49(43)33-14-5-2-6-15-33/h1-30,49H,31H2. The molecule has 51 heavy (non-hydrogen) atoms. The van der Waals surface area contributed by atoms with E-state index in [1.165, 1.54) is 99.8 Å². The fraction of sp³-hybridized carbons (Fsp3) is 0.0400. The second-order valence-electron chi connectivity index (χ2n) is 14.0. The highest BCUT2D eigenvalue weighted by atomic mass is 15.0. The molecule has 0 spiro atoms. The van der Waals surface area contributed by atoms with Crippen LogP contribution in [-0.4, -0.2) is 4.57 Å². The maximum atomic E-state index is 2.52. The van der Waals surface area contributed by atoms with Crippen molar-refractivity contribution in [1.82, 2.24) is 4.57 Å². The van der Waals surface area contributed by atoms with Crippen LogP contribution in [0.3, 0.4) is 0 Å². The summed E-state index contributed by atoms with van der Waals surface area (Å²) < 4.78 is 2.52.